The number of rotatable bonds is 2. The molecule has 1 aromatic carbocycles. The van der Waals surface area contributed by atoms with Crippen LogP contribution in [-0.4, -0.2) is 48.7 Å². The van der Waals surface area contributed by atoms with Gasteiger partial charge in [-0.05, 0) is 11.0 Å². The third-order valence-electron chi connectivity index (χ3n) is 5.01. The zero-order valence-electron chi connectivity index (χ0n) is 13.0. The zero-order chi connectivity index (χ0) is 13.5. The molecule has 3 aliphatic heterocycles. The van der Waals surface area contributed by atoms with Crippen LogP contribution < -0.4 is 12.4 Å². The minimum absolute atomic E-state index is 0. The maximum atomic E-state index is 2.61. The van der Waals surface area contributed by atoms with Gasteiger partial charge in [0, 0.05) is 25.2 Å². The van der Waals surface area contributed by atoms with Gasteiger partial charge >= 0.3 is 0 Å². The van der Waals surface area contributed by atoms with Crippen molar-refractivity contribution < 1.29 is 16.9 Å². The summed E-state index contributed by atoms with van der Waals surface area (Å²) in [5, 5.41) is 0. The van der Waals surface area contributed by atoms with Crippen molar-refractivity contribution in [2.24, 2.45) is 0 Å². The van der Waals surface area contributed by atoms with Gasteiger partial charge in [0.1, 0.15) is 6.54 Å². The maximum Gasteiger partial charge on any atom is 0.104 e. The van der Waals surface area contributed by atoms with Crippen LogP contribution in [0.3, 0.4) is 0 Å². The Bertz CT molecular complexity index is 425. The van der Waals surface area contributed by atoms with E-state index in [9.17, 15) is 0 Å². The van der Waals surface area contributed by atoms with Gasteiger partial charge in [-0.2, -0.15) is 0 Å². The highest BCUT2D eigenvalue weighted by molar-refractivity contribution is 5.27. The Kier molecular flexibility index (Phi) is 4.48. The molecule has 4 rings (SSSR count). The molecule has 0 amide bonds. The highest BCUT2D eigenvalue weighted by atomic mass is 35.5. The fourth-order valence-corrected chi connectivity index (χ4v) is 3.47. The second-order valence-corrected chi connectivity index (χ2v) is 7.46. The molecule has 20 heavy (non-hydrogen) atoms. The topological polar surface area (TPSA) is 3.24 Å². The van der Waals surface area contributed by atoms with Gasteiger partial charge in [0.15, 0.2) is 0 Å². The van der Waals surface area contributed by atoms with E-state index in [2.05, 4.69) is 49.9 Å². The second-order valence-electron chi connectivity index (χ2n) is 7.46. The number of quaternary nitrogens is 1. The quantitative estimate of drug-likeness (QED) is 0.673. The monoisotopic (exact) mass is 294 g/mol. The summed E-state index contributed by atoms with van der Waals surface area (Å²) in [7, 11) is 0. The molecule has 3 heteroatoms. The van der Waals surface area contributed by atoms with Crippen molar-refractivity contribution in [2.45, 2.75) is 32.7 Å². The molecule has 0 saturated carbocycles. The van der Waals surface area contributed by atoms with Gasteiger partial charge in [0.05, 0.1) is 19.6 Å². The second kappa shape index (κ2) is 5.67. The van der Waals surface area contributed by atoms with Crippen LogP contribution in [0.1, 0.15) is 31.9 Å². The Morgan fingerprint density at radius 2 is 1.45 bits per heavy atom. The zero-order valence-corrected chi connectivity index (χ0v) is 13.8. The minimum Gasteiger partial charge on any atom is -1.00 e. The van der Waals surface area contributed by atoms with E-state index in [1.165, 1.54) is 61.4 Å². The summed E-state index contributed by atoms with van der Waals surface area (Å²) in [5.41, 5.74) is 3.23. The average Bonchev–Trinajstić information content (AvgIpc) is 2.40. The Morgan fingerprint density at radius 3 is 1.90 bits per heavy atom. The lowest BCUT2D eigenvalue weighted by atomic mass is 9.86. The third kappa shape index (κ3) is 3.19. The summed E-state index contributed by atoms with van der Waals surface area (Å²) in [5.74, 6) is 0. The Labute approximate surface area is 129 Å². The molecular weight excluding hydrogens is 268 g/mol. The van der Waals surface area contributed by atoms with Crippen LogP contribution in [0.25, 0.3) is 0 Å². The fraction of sp³-hybridized carbons (Fsp3) is 0.647. The third-order valence-corrected chi connectivity index (χ3v) is 5.01. The number of nitrogens with zero attached hydrogens (tertiary/aromatic N) is 2. The Balaban J connectivity index is 0.00000147. The lowest BCUT2D eigenvalue weighted by molar-refractivity contribution is -0.953. The molecule has 0 atom stereocenters. The maximum absolute atomic E-state index is 2.61. The average molecular weight is 295 g/mol. The molecule has 2 nitrogen and oxygen atoms in total. The number of benzene rings is 1. The van der Waals surface area contributed by atoms with Crippen molar-refractivity contribution in [3.63, 3.8) is 0 Å². The van der Waals surface area contributed by atoms with Crippen molar-refractivity contribution in [3.05, 3.63) is 35.4 Å². The van der Waals surface area contributed by atoms with Crippen LogP contribution in [0.2, 0.25) is 0 Å². The molecule has 3 aliphatic rings. The molecule has 3 heterocycles. The van der Waals surface area contributed by atoms with Crippen LogP contribution >= 0.6 is 0 Å². The molecule has 0 N–H and O–H groups in total. The van der Waals surface area contributed by atoms with E-state index in [-0.39, 0.29) is 17.8 Å². The van der Waals surface area contributed by atoms with E-state index in [0.29, 0.717) is 0 Å². The van der Waals surface area contributed by atoms with Gasteiger partial charge in [0.2, 0.25) is 0 Å². The summed E-state index contributed by atoms with van der Waals surface area (Å²) in [6.45, 7) is 16.1. The lowest BCUT2D eigenvalue weighted by Gasteiger charge is -2.50. The molecule has 0 aliphatic carbocycles. The minimum atomic E-state index is 0. The van der Waals surface area contributed by atoms with Crippen molar-refractivity contribution in [3.8, 4) is 0 Å². The predicted octanol–water partition coefficient (Wildman–Crippen LogP) is -0.366. The van der Waals surface area contributed by atoms with E-state index in [4.69, 9.17) is 0 Å². The van der Waals surface area contributed by atoms with Gasteiger partial charge < -0.3 is 16.9 Å². The van der Waals surface area contributed by atoms with E-state index >= 15 is 0 Å². The van der Waals surface area contributed by atoms with Gasteiger partial charge in [-0.25, -0.2) is 0 Å². The number of hydrogen-bond acceptors (Lipinski definition) is 1. The van der Waals surface area contributed by atoms with Crippen LogP contribution in [0.15, 0.2) is 24.3 Å². The van der Waals surface area contributed by atoms with Gasteiger partial charge in [-0.3, -0.25) is 4.90 Å². The summed E-state index contributed by atoms with van der Waals surface area (Å²) >= 11 is 0. The fourth-order valence-electron chi connectivity index (χ4n) is 3.47. The normalized spacial score (nSPS) is 29.1. The van der Waals surface area contributed by atoms with Crippen molar-refractivity contribution >= 4 is 0 Å². The molecule has 3 saturated heterocycles. The van der Waals surface area contributed by atoms with Gasteiger partial charge in [-0.1, -0.05) is 45.0 Å². The number of hydrogen-bond donors (Lipinski definition) is 0. The van der Waals surface area contributed by atoms with Gasteiger partial charge in [-0.15, -0.1) is 0 Å². The Morgan fingerprint density at radius 1 is 0.950 bits per heavy atom. The molecule has 0 unspecified atom stereocenters. The first-order valence-electron chi connectivity index (χ1n) is 7.64. The van der Waals surface area contributed by atoms with Crippen LogP contribution in [0.4, 0.5) is 0 Å². The molecule has 0 aromatic heterocycles. The summed E-state index contributed by atoms with van der Waals surface area (Å²) < 4.78 is 1.32. The smallest absolute Gasteiger partial charge is 0.104 e. The molecule has 3 fully saturated rings. The molecule has 0 radical (unpaired) electrons. The number of fused-ring (bicyclic) bond motifs is 3. The predicted molar refractivity (Wildman–Crippen MR) is 80.1 cm³/mol. The first-order valence-corrected chi connectivity index (χ1v) is 7.64. The Hall–Kier alpha value is -0.570. The summed E-state index contributed by atoms with van der Waals surface area (Å²) in [6, 6.07) is 9.37. The first-order chi connectivity index (χ1) is 8.97. The van der Waals surface area contributed by atoms with Crippen molar-refractivity contribution in [2.75, 3.05) is 39.3 Å². The standard InChI is InChI=1S/C17H27N2.ClH/c1-17(2,3)16-6-4-15(5-7-16)14-19-11-8-18(9-12-19)10-13-19;/h4-7H,8-14H2,1-3H3;1H/q+1;/p-1. The number of halogens is 1. The van der Waals surface area contributed by atoms with E-state index < -0.39 is 0 Å². The summed E-state index contributed by atoms with van der Waals surface area (Å²) in [6.07, 6.45) is 0. The van der Waals surface area contributed by atoms with Gasteiger partial charge in [0.25, 0.3) is 0 Å². The van der Waals surface area contributed by atoms with E-state index in [1.807, 2.05) is 0 Å². The SMILES string of the molecule is CC(C)(C)c1ccc(C[N+]23CCN(CC2)CC3)cc1.[Cl-]. The van der Waals surface area contributed by atoms with Crippen LogP contribution in [-0.2, 0) is 12.0 Å². The first kappa shape index (κ1) is 15.8. The molecular formula is C17H27ClN2. The highest BCUT2D eigenvalue weighted by Gasteiger charge is 2.38. The molecule has 112 valence electrons. The van der Waals surface area contributed by atoms with Crippen molar-refractivity contribution in [1.29, 1.82) is 0 Å². The highest BCUT2D eigenvalue weighted by Crippen LogP contribution is 2.26. The molecule has 0 spiro atoms. The van der Waals surface area contributed by atoms with Crippen molar-refractivity contribution in [1.82, 2.24) is 4.90 Å². The van der Waals surface area contributed by atoms with Crippen LogP contribution in [0, 0.1) is 0 Å². The summed E-state index contributed by atoms with van der Waals surface area (Å²) in [4.78, 5) is 2.61. The lowest BCUT2D eigenvalue weighted by Crippen LogP contribution is -3.00. The number of piperazine rings is 3. The van der Waals surface area contributed by atoms with E-state index in [0.717, 1.165) is 0 Å². The molecule has 1 aromatic rings. The van der Waals surface area contributed by atoms with E-state index in [1.54, 1.807) is 0 Å². The molecule has 2 bridgehead atoms. The largest absolute Gasteiger partial charge is 1.00 e. The van der Waals surface area contributed by atoms with Crippen LogP contribution in [0.5, 0.6) is 0 Å².